The predicted molar refractivity (Wildman–Crippen MR) is 76.8 cm³/mol. The Morgan fingerprint density at radius 2 is 1.52 bits per heavy atom. The SMILES string of the molecule is COC(=O)C(NC(=O)Oc1ccccc1)c1ccccc1. The molecule has 0 heterocycles. The average molecular weight is 285 g/mol. The molecule has 0 aliphatic heterocycles. The number of esters is 1. The summed E-state index contributed by atoms with van der Waals surface area (Å²) in [7, 11) is 1.27. The van der Waals surface area contributed by atoms with Gasteiger partial charge in [0.15, 0.2) is 6.04 Å². The zero-order chi connectivity index (χ0) is 15.1. The minimum atomic E-state index is -0.910. The van der Waals surface area contributed by atoms with E-state index in [4.69, 9.17) is 9.47 Å². The van der Waals surface area contributed by atoms with Gasteiger partial charge in [0.25, 0.3) is 0 Å². The first-order valence-corrected chi connectivity index (χ1v) is 6.37. The van der Waals surface area contributed by atoms with Crippen molar-refractivity contribution in [1.82, 2.24) is 5.32 Å². The molecule has 5 heteroatoms. The number of hydrogen-bond donors (Lipinski definition) is 1. The van der Waals surface area contributed by atoms with Crippen LogP contribution in [0.1, 0.15) is 11.6 Å². The quantitative estimate of drug-likeness (QED) is 0.877. The molecule has 1 unspecified atom stereocenters. The summed E-state index contributed by atoms with van der Waals surface area (Å²) < 4.78 is 9.81. The van der Waals surface area contributed by atoms with Gasteiger partial charge in [0.2, 0.25) is 0 Å². The third kappa shape index (κ3) is 4.07. The van der Waals surface area contributed by atoms with Crippen LogP contribution in [0, 0.1) is 0 Å². The van der Waals surface area contributed by atoms with Crippen LogP contribution in [0.4, 0.5) is 4.79 Å². The van der Waals surface area contributed by atoms with Crippen molar-refractivity contribution in [3.63, 3.8) is 0 Å². The number of carbonyl (C=O) groups excluding carboxylic acids is 2. The molecule has 1 amide bonds. The van der Waals surface area contributed by atoms with Crippen LogP contribution in [0.25, 0.3) is 0 Å². The fourth-order valence-electron chi connectivity index (χ4n) is 1.78. The molecule has 0 spiro atoms. The maximum absolute atomic E-state index is 11.9. The monoisotopic (exact) mass is 285 g/mol. The fourth-order valence-corrected chi connectivity index (χ4v) is 1.78. The van der Waals surface area contributed by atoms with Gasteiger partial charge in [-0.2, -0.15) is 0 Å². The Balaban J connectivity index is 2.09. The van der Waals surface area contributed by atoms with Crippen molar-refractivity contribution in [3.05, 3.63) is 66.2 Å². The van der Waals surface area contributed by atoms with E-state index in [2.05, 4.69) is 5.32 Å². The molecule has 108 valence electrons. The number of amides is 1. The second kappa shape index (κ2) is 7.09. The fraction of sp³-hybridized carbons (Fsp3) is 0.125. The van der Waals surface area contributed by atoms with Gasteiger partial charge in [-0.1, -0.05) is 48.5 Å². The maximum Gasteiger partial charge on any atom is 0.413 e. The minimum absolute atomic E-state index is 0.395. The number of rotatable bonds is 4. The third-order valence-corrected chi connectivity index (χ3v) is 2.79. The molecule has 0 radical (unpaired) electrons. The first-order chi connectivity index (χ1) is 10.2. The lowest BCUT2D eigenvalue weighted by atomic mass is 10.1. The highest BCUT2D eigenvalue weighted by molar-refractivity contribution is 5.83. The number of hydrogen-bond acceptors (Lipinski definition) is 4. The molecule has 0 aliphatic rings. The number of nitrogens with one attached hydrogen (secondary N) is 1. The largest absolute Gasteiger partial charge is 0.467 e. The third-order valence-electron chi connectivity index (χ3n) is 2.79. The van der Waals surface area contributed by atoms with Crippen LogP contribution in [-0.4, -0.2) is 19.2 Å². The lowest BCUT2D eigenvalue weighted by molar-refractivity contribution is -0.143. The molecule has 0 saturated carbocycles. The van der Waals surface area contributed by atoms with Crippen LogP contribution in [-0.2, 0) is 9.53 Å². The standard InChI is InChI=1S/C16H15NO4/c1-20-15(18)14(12-8-4-2-5-9-12)17-16(19)21-13-10-6-3-7-11-13/h2-11,14H,1H3,(H,17,19). The van der Waals surface area contributed by atoms with E-state index in [1.54, 1.807) is 48.5 Å². The summed E-state index contributed by atoms with van der Waals surface area (Å²) in [4.78, 5) is 23.7. The smallest absolute Gasteiger partial charge is 0.413 e. The lowest BCUT2D eigenvalue weighted by Gasteiger charge is -2.16. The molecule has 1 N–H and O–H groups in total. The molecule has 2 rings (SSSR count). The molecule has 21 heavy (non-hydrogen) atoms. The Morgan fingerprint density at radius 3 is 2.10 bits per heavy atom. The summed E-state index contributed by atoms with van der Waals surface area (Å²) in [5, 5.41) is 2.50. The van der Waals surface area contributed by atoms with Crippen LogP contribution in [0.2, 0.25) is 0 Å². The molecule has 1 atom stereocenters. The van der Waals surface area contributed by atoms with E-state index < -0.39 is 18.1 Å². The molecule has 0 aromatic heterocycles. The van der Waals surface area contributed by atoms with E-state index in [0.717, 1.165) is 0 Å². The zero-order valence-electron chi connectivity index (χ0n) is 11.5. The Bertz CT molecular complexity index is 598. The number of para-hydroxylation sites is 1. The first-order valence-electron chi connectivity index (χ1n) is 6.37. The second-order valence-corrected chi connectivity index (χ2v) is 4.21. The summed E-state index contributed by atoms with van der Waals surface area (Å²) >= 11 is 0. The summed E-state index contributed by atoms with van der Waals surface area (Å²) in [6.45, 7) is 0. The van der Waals surface area contributed by atoms with Gasteiger partial charge in [0, 0.05) is 0 Å². The van der Waals surface area contributed by atoms with Crippen molar-refractivity contribution in [3.8, 4) is 5.75 Å². The molecule has 0 aliphatic carbocycles. The Morgan fingerprint density at radius 1 is 0.952 bits per heavy atom. The molecule has 2 aromatic carbocycles. The van der Waals surface area contributed by atoms with Gasteiger partial charge in [-0.15, -0.1) is 0 Å². The topological polar surface area (TPSA) is 64.6 Å². The highest BCUT2D eigenvalue weighted by atomic mass is 16.6. The maximum atomic E-state index is 11.9. The van der Waals surface area contributed by atoms with Crippen molar-refractivity contribution < 1.29 is 19.1 Å². The molecular weight excluding hydrogens is 270 g/mol. The van der Waals surface area contributed by atoms with Crippen LogP contribution >= 0.6 is 0 Å². The van der Waals surface area contributed by atoms with Gasteiger partial charge in [-0.25, -0.2) is 9.59 Å². The van der Waals surface area contributed by atoms with E-state index in [1.165, 1.54) is 7.11 Å². The van der Waals surface area contributed by atoms with Crippen LogP contribution < -0.4 is 10.1 Å². The second-order valence-electron chi connectivity index (χ2n) is 4.21. The Labute approximate surface area is 122 Å². The van der Waals surface area contributed by atoms with E-state index in [1.807, 2.05) is 12.1 Å². The Hall–Kier alpha value is -2.82. The van der Waals surface area contributed by atoms with Crippen molar-refractivity contribution >= 4 is 12.1 Å². The summed E-state index contributed by atoms with van der Waals surface area (Å²) in [6, 6.07) is 16.5. The van der Waals surface area contributed by atoms with Crippen molar-refractivity contribution in [2.45, 2.75) is 6.04 Å². The van der Waals surface area contributed by atoms with Gasteiger partial charge < -0.3 is 14.8 Å². The number of ether oxygens (including phenoxy) is 2. The number of carbonyl (C=O) groups is 2. The molecule has 5 nitrogen and oxygen atoms in total. The van der Waals surface area contributed by atoms with E-state index in [9.17, 15) is 9.59 Å². The molecule has 0 fully saturated rings. The molecule has 2 aromatic rings. The van der Waals surface area contributed by atoms with E-state index in [0.29, 0.717) is 11.3 Å². The zero-order valence-corrected chi connectivity index (χ0v) is 11.5. The van der Waals surface area contributed by atoms with Gasteiger partial charge in [-0.05, 0) is 17.7 Å². The van der Waals surface area contributed by atoms with Gasteiger partial charge >= 0.3 is 12.1 Å². The summed E-state index contributed by atoms with van der Waals surface area (Å²) in [6.07, 6.45) is -0.722. The van der Waals surface area contributed by atoms with Crippen LogP contribution in [0.5, 0.6) is 5.75 Å². The molecule has 0 saturated heterocycles. The summed E-state index contributed by atoms with van der Waals surface area (Å²) in [5.41, 5.74) is 0.620. The van der Waals surface area contributed by atoms with E-state index >= 15 is 0 Å². The number of methoxy groups -OCH3 is 1. The minimum Gasteiger partial charge on any atom is -0.467 e. The normalized spacial score (nSPS) is 11.3. The highest BCUT2D eigenvalue weighted by Crippen LogP contribution is 2.15. The van der Waals surface area contributed by atoms with Gasteiger partial charge in [0.1, 0.15) is 5.75 Å². The van der Waals surface area contributed by atoms with E-state index in [-0.39, 0.29) is 0 Å². The molecule has 0 bridgehead atoms. The van der Waals surface area contributed by atoms with Gasteiger partial charge in [-0.3, -0.25) is 0 Å². The Kier molecular flexibility index (Phi) is 4.93. The lowest BCUT2D eigenvalue weighted by Crippen LogP contribution is -2.36. The summed E-state index contributed by atoms with van der Waals surface area (Å²) in [5.74, 6) is -0.169. The van der Waals surface area contributed by atoms with Crippen molar-refractivity contribution in [2.75, 3.05) is 7.11 Å². The average Bonchev–Trinajstić information content (AvgIpc) is 2.53. The van der Waals surface area contributed by atoms with Crippen LogP contribution in [0.15, 0.2) is 60.7 Å². The van der Waals surface area contributed by atoms with Gasteiger partial charge in [0.05, 0.1) is 7.11 Å². The van der Waals surface area contributed by atoms with Crippen molar-refractivity contribution in [2.24, 2.45) is 0 Å². The number of benzene rings is 2. The predicted octanol–water partition coefficient (Wildman–Crippen LogP) is 2.69. The molecular formula is C16H15NO4. The van der Waals surface area contributed by atoms with Crippen LogP contribution in [0.3, 0.4) is 0 Å². The highest BCUT2D eigenvalue weighted by Gasteiger charge is 2.24. The first kappa shape index (κ1) is 14.6. The van der Waals surface area contributed by atoms with Crippen molar-refractivity contribution in [1.29, 1.82) is 0 Å².